The van der Waals surface area contributed by atoms with E-state index in [4.69, 9.17) is 30.0 Å². The van der Waals surface area contributed by atoms with Gasteiger partial charge in [-0.05, 0) is 6.42 Å². The number of aromatic nitrogens is 4. The number of hydrogen-bond donors (Lipinski definition) is 8. The van der Waals surface area contributed by atoms with Crippen molar-refractivity contribution in [1.82, 2.24) is 24.4 Å². The number of phosphoric ester groups is 2. The van der Waals surface area contributed by atoms with Crippen molar-refractivity contribution in [3.8, 4) is 0 Å². The number of imidazole rings is 1. The summed E-state index contributed by atoms with van der Waals surface area (Å²) in [7, 11) is -10.7. The smallest absolute Gasteiger partial charge is 1.00 e. The van der Waals surface area contributed by atoms with E-state index in [0.29, 0.717) is 0 Å². The molecule has 2 unspecified atom stereocenters. The molecular formula is C21H30N7NaO14P2. The van der Waals surface area contributed by atoms with Gasteiger partial charge in [-0.25, -0.2) is 24.1 Å². The molecule has 10 N–H and O–H groups in total. The van der Waals surface area contributed by atoms with Crippen LogP contribution >= 0.6 is 15.6 Å². The second-order valence-corrected chi connectivity index (χ2v) is 12.9. The first-order chi connectivity index (χ1) is 20.7. The van der Waals surface area contributed by atoms with Gasteiger partial charge in [0, 0.05) is 18.0 Å². The number of carbonyl (C=O) groups is 1. The number of amides is 1. The molecule has 5 heterocycles. The van der Waals surface area contributed by atoms with Crippen molar-refractivity contribution in [2.75, 3.05) is 18.9 Å². The average molecular weight is 689 g/mol. The zero-order chi connectivity index (χ0) is 32.0. The fraction of sp³-hybridized carbons (Fsp3) is 0.524. The SMILES string of the molecule is NC(=O)C1=CN([C@@H]2O[C@H](COP(=O)(O)OP(=O)(O)OC[C@H]3O[C@@H](n4cnc5c(N)ncnc54)[C@H](O)[C@@H]3O)[C@@H](O)[C@H]2O)C=CC1.[H-].[Na+]. The van der Waals surface area contributed by atoms with Crippen molar-refractivity contribution in [1.29, 1.82) is 0 Å². The Hall–Kier alpha value is -1.88. The van der Waals surface area contributed by atoms with Crippen LogP contribution in [0.5, 0.6) is 0 Å². The predicted molar refractivity (Wildman–Crippen MR) is 143 cm³/mol. The number of aliphatic hydroxyl groups excluding tert-OH is 4. The molecule has 5 rings (SSSR count). The number of fused-ring (bicyclic) bond motifs is 1. The topological polar surface area (TPSA) is 318 Å². The van der Waals surface area contributed by atoms with E-state index in [1.54, 1.807) is 6.08 Å². The molecule has 10 atom stereocenters. The van der Waals surface area contributed by atoms with Crippen molar-refractivity contribution >= 4 is 38.5 Å². The van der Waals surface area contributed by atoms with Crippen LogP contribution in [-0.2, 0) is 36.8 Å². The summed E-state index contributed by atoms with van der Waals surface area (Å²) in [5, 5.41) is 41.6. The summed E-state index contributed by atoms with van der Waals surface area (Å²) in [6.07, 6.45) is -4.88. The third-order valence-electron chi connectivity index (χ3n) is 6.88. The third kappa shape index (κ3) is 7.82. The number of carbonyl (C=O) groups excluding carboxylic acids is 1. The summed E-state index contributed by atoms with van der Waals surface area (Å²) in [6.45, 7) is -1.79. The quantitative estimate of drug-likeness (QED) is 0.0805. The molecule has 0 aromatic carbocycles. The van der Waals surface area contributed by atoms with Gasteiger partial charge in [0.15, 0.2) is 23.9 Å². The summed E-state index contributed by atoms with van der Waals surface area (Å²) in [4.78, 5) is 44.6. The zero-order valence-corrected chi connectivity index (χ0v) is 27.2. The van der Waals surface area contributed by atoms with E-state index in [9.17, 15) is 44.1 Å². The molecule has 1 amide bonds. The molecule has 2 saturated heterocycles. The largest absolute Gasteiger partial charge is 1.00 e. The minimum Gasteiger partial charge on any atom is -1.00 e. The molecule has 2 fully saturated rings. The molecule has 0 bridgehead atoms. The molecule has 24 heteroatoms. The van der Waals surface area contributed by atoms with Gasteiger partial charge in [0.05, 0.1) is 19.5 Å². The minimum absolute atomic E-state index is 0. The first-order valence-corrected chi connectivity index (χ1v) is 15.7. The number of nitrogens with two attached hydrogens (primary N) is 2. The summed E-state index contributed by atoms with van der Waals surface area (Å²) < 4.78 is 50.8. The Bertz CT molecular complexity index is 1570. The standard InChI is InChI=1S/C21H29N7O14P2.Na.H/c22-17-12-19(25-7-24-17)28(8-26-12)21-16(32)14(30)11(41-21)6-39-44(36,37)42-43(34,35)38-5-10-13(29)15(31)20(40-10)27-3-1-2-9(4-27)18(23)33;;/h1,3-4,7-8,10-11,13-16,20-21,29-32H,2,5-6H2,(H2,23,33)(H,34,35)(H,36,37)(H2,22,24,25);;/q;+1;-1/t10-,11-,13-,14-,15-,16-,20-,21-;;/m1../s1. The maximum absolute atomic E-state index is 12.4. The van der Waals surface area contributed by atoms with Crippen LogP contribution in [0.3, 0.4) is 0 Å². The fourth-order valence-electron chi connectivity index (χ4n) is 4.68. The Labute approximate surface area is 277 Å². The van der Waals surface area contributed by atoms with E-state index in [1.165, 1.54) is 28.2 Å². The molecule has 21 nitrogen and oxygen atoms in total. The molecule has 244 valence electrons. The van der Waals surface area contributed by atoms with E-state index in [0.717, 1.165) is 6.33 Å². The monoisotopic (exact) mass is 689 g/mol. The number of hydrogen-bond acceptors (Lipinski definition) is 17. The number of aliphatic hydroxyl groups is 4. The van der Waals surface area contributed by atoms with E-state index in [2.05, 4.69) is 19.3 Å². The first kappa shape index (κ1) is 36.0. The number of phosphoric acid groups is 2. The molecule has 2 aromatic heterocycles. The zero-order valence-electron chi connectivity index (χ0n) is 24.4. The van der Waals surface area contributed by atoms with Crippen molar-refractivity contribution in [2.45, 2.75) is 55.5 Å². The molecule has 45 heavy (non-hydrogen) atoms. The van der Waals surface area contributed by atoms with Crippen LogP contribution < -0.4 is 41.0 Å². The average Bonchev–Trinajstić information content (AvgIpc) is 3.61. The Morgan fingerprint density at radius 2 is 1.56 bits per heavy atom. The number of nitrogen functional groups attached to an aromatic ring is 1. The van der Waals surface area contributed by atoms with E-state index in [-0.39, 0.29) is 60.0 Å². The van der Waals surface area contributed by atoms with Crippen LogP contribution in [0.1, 0.15) is 14.1 Å². The molecule has 0 spiro atoms. The van der Waals surface area contributed by atoms with E-state index in [1.807, 2.05) is 0 Å². The Morgan fingerprint density at radius 3 is 2.16 bits per heavy atom. The van der Waals surface area contributed by atoms with Gasteiger partial charge in [0.25, 0.3) is 0 Å². The first-order valence-electron chi connectivity index (χ1n) is 12.7. The Morgan fingerprint density at radius 1 is 0.978 bits per heavy atom. The van der Waals surface area contributed by atoms with Crippen LogP contribution in [0.15, 0.2) is 36.7 Å². The molecular weight excluding hydrogens is 659 g/mol. The van der Waals surface area contributed by atoms with Crippen LogP contribution in [0.25, 0.3) is 11.2 Å². The van der Waals surface area contributed by atoms with Gasteiger partial charge in [0.1, 0.15) is 48.5 Å². The van der Waals surface area contributed by atoms with Gasteiger partial charge in [-0.2, -0.15) is 4.31 Å². The van der Waals surface area contributed by atoms with E-state index >= 15 is 0 Å². The van der Waals surface area contributed by atoms with Crippen LogP contribution in [-0.4, -0.2) is 117 Å². The summed E-state index contributed by atoms with van der Waals surface area (Å²) in [6, 6.07) is 0. The van der Waals surface area contributed by atoms with Crippen LogP contribution in [0.4, 0.5) is 5.82 Å². The van der Waals surface area contributed by atoms with E-state index < -0.39 is 83.8 Å². The molecule has 0 aliphatic carbocycles. The molecule has 2 aromatic rings. The number of anilines is 1. The van der Waals surface area contributed by atoms with Gasteiger partial charge in [-0.1, -0.05) is 6.08 Å². The maximum atomic E-state index is 12.4. The van der Waals surface area contributed by atoms with Crippen molar-refractivity contribution in [2.24, 2.45) is 5.73 Å². The van der Waals surface area contributed by atoms with Crippen molar-refractivity contribution in [3.05, 3.63) is 36.7 Å². The number of ether oxygens (including phenoxy) is 2. The Kier molecular flexibility index (Phi) is 11.3. The van der Waals surface area contributed by atoms with Crippen molar-refractivity contribution < 1.29 is 98.0 Å². The fourth-order valence-corrected chi connectivity index (χ4v) is 6.77. The molecule has 0 radical (unpaired) electrons. The van der Waals surface area contributed by atoms with Crippen LogP contribution in [0, 0.1) is 0 Å². The van der Waals surface area contributed by atoms with Gasteiger partial charge >= 0.3 is 45.2 Å². The third-order valence-corrected chi connectivity index (χ3v) is 9.48. The van der Waals surface area contributed by atoms with Crippen molar-refractivity contribution in [3.63, 3.8) is 0 Å². The number of rotatable bonds is 11. The molecule has 3 aliphatic rings. The number of nitrogens with zero attached hydrogens (tertiary/aromatic N) is 5. The van der Waals surface area contributed by atoms with Gasteiger partial charge in [-0.3, -0.25) is 18.4 Å². The number of primary amides is 1. The summed E-state index contributed by atoms with van der Waals surface area (Å²) >= 11 is 0. The van der Waals surface area contributed by atoms with Gasteiger partial charge in [-0.15, -0.1) is 0 Å². The summed E-state index contributed by atoms with van der Waals surface area (Å²) in [5.41, 5.74) is 11.6. The van der Waals surface area contributed by atoms with Crippen LogP contribution in [0.2, 0.25) is 0 Å². The Balaban J connectivity index is 0.00000288. The summed E-state index contributed by atoms with van der Waals surface area (Å²) in [5.74, 6) is -0.658. The second kappa shape index (κ2) is 14.1. The second-order valence-electron chi connectivity index (χ2n) is 9.84. The van der Waals surface area contributed by atoms with Gasteiger partial charge < -0.3 is 57.5 Å². The predicted octanol–water partition coefficient (Wildman–Crippen LogP) is -5.57. The normalized spacial score (nSPS) is 32.6. The number of allylic oxidation sites excluding steroid dienone is 1. The molecule has 3 aliphatic heterocycles. The van der Waals surface area contributed by atoms with Gasteiger partial charge in [0.2, 0.25) is 5.91 Å². The maximum Gasteiger partial charge on any atom is 1.00 e. The molecule has 0 saturated carbocycles. The minimum atomic E-state index is -5.37.